The van der Waals surface area contributed by atoms with E-state index in [0.717, 1.165) is 0 Å². The minimum atomic E-state index is -0.702. The van der Waals surface area contributed by atoms with Crippen LogP contribution >= 0.6 is 11.8 Å². The Hall–Kier alpha value is -2.99. The van der Waals surface area contributed by atoms with E-state index in [-0.39, 0.29) is 22.0 Å². The topological polar surface area (TPSA) is 94.3 Å². The Morgan fingerprint density at radius 3 is 2.08 bits per heavy atom. The Kier molecular flexibility index (Phi) is 4.14. The number of nitrogens with two attached hydrogens (primary N) is 1. The molecule has 0 heterocycles. The van der Waals surface area contributed by atoms with Crippen molar-refractivity contribution in [2.45, 2.75) is 0 Å². The fourth-order valence-corrected chi connectivity index (χ4v) is 3.05. The van der Waals surface area contributed by atoms with Gasteiger partial charge in [-0.2, -0.15) is 0 Å². The molecule has 0 bridgehead atoms. The zero-order valence-corrected chi connectivity index (χ0v) is 13.1. The lowest BCUT2D eigenvalue weighted by atomic mass is 9.83. The van der Waals surface area contributed by atoms with Gasteiger partial charge in [0.25, 0.3) is 5.24 Å². The van der Waals surface area contributed by atoms with Crippen LogP contribution in [-0.2, 0) is 4.79 Å². The highest BCUT2D eigenvalue weighted by Gasteiger charge is 2.29. The number of hydrogen-bond donors (Lipinski definition) is 1. The first kappa shape index (κ1) is 15.9. The van der Waals surface area contributed by atoms with Crippen molar-refractivity contribution in [1.82, 2.24) is 0 Å². The molecule has 0 aliphatic heterocycles. The van der Waals surface area contributed by atoms with Crippen LogP contribution in [0.1, 0.15) is 37.4 Å². The van der Waals surface area contributed by atoms with E-state index in [1.54, 1.807) is 36.4 Å². The lowest BCUT2D eigenvalue weighted by molar-refractivity contribution is -0.104. The molecule has 3 rings (SSSR count). The quantitative estimate of drug-likeness (QED) is 0.586. The molecular weight excluding hydrogens is 326 g/mol. The zero-order chi connectivity index (χ0) is 17.3. The summed E-state index contributed by atoms with van der Waals surface area (Å²) in [5.74, 6) is -0.455. The minimum Gasteiger partial charge on any atom is -0.360 e. The van der Waals surface area contributed by atoms with E-state index < -0.39 is 5.24 Å². The van der Waals surface area contributed by atoms with Crippen molar-refractivity contribution >= 4 is 40.9 Å². The third-order valence-electron chi connectivity index (χ3n) is 3.59. The molecule has 1 aliphatic rings. The van der Waals surface area contributed by atoms with Crippen molar-refractivity contribution < 1.29 is 19.2 Å². The number of thioether (sulfide) groups is 1. The number of carbonyl (C=O) groups is 4. The van der Waals surface area contributed by atoms with Crippen LogP contribution in [-0.4, -0.2) is 23.1 Å². The first-order chi connectivity index (χ1) is 11.5. The molecule has 0 unspecified atom stereocenters. The summed E-state index contributed by atoms with van der Waals surface area (Å²) in [5, 5.41) is -0.702. The SMILES string of the molecule is NC(=O)S/C(C=O)=C\c1ccc2c(c1)C(=O)c1ccccc1C2=O. The van der Waals surface area contributed by atoms with Crippen molar-refractivity contribution in [2.75, 3.05) is 0 Å². The standard InChI is InChI=1S/C18H11NO4S/c19-18(23)24-11(9-20)7-10-5-6-14-15(8-10)17(22)13-4-2-1-3-12(13)16(14)21/h1-9H,(H2,19,23)/b11-7-. The minimum absolute atomic E-state index is 0.123. The maximum absolute atomic E-state index is 12.6. The first-order valence-electron chi connectivity index (χ1n) is 6.98. The number of primary amides is 1. The number of carbonyl (C=O) groups excluding carboxylic acids is 4. The van der Waals surface area contributed by atoms with Crippen molar-refractivity contribution in [3.8, 4) is 0 Å². The largest absolute Gasteiger partial charge is 0.360 e. The molecule has 2 aromatic rings. The van der Waals surface area contributed by atoms with E-state index in [1.807, 2.05) is 0 Å². The van der Waals surface area contributed by atoms with E-state index in [0.29, 0.717) is 40.3 Å². The van der Waals surface area contributed by atoms with Crippen LogP contribution in [0.5, 0.6) is 0 Å². The summed E-state index contributed by atoms with van der Waals surface area (Å²) in [6, 6.07) is 11.4. The van der Waals surface area contributed by atoms with Gasteiger partial charge in [0.2, 0.25) is 0 Å². The van der Waals surface area contributed by atoms with Gasteiger partial charge in [-0.1, -0.05) is 30.3 Å². The van der Waals surface area contributed by atoms with Crippen molar-refractivity contribution in [2.24, 2.45) is 5.73 Å². The predicted molar refractivity (Wildman–Crippen MR) is 91.0 cm³/mol. The van der Waals surface area contributed by atoms with E-state index >= 15 is 0 Å². The van der Waals surface area contributed by atoms with Gasteiger partial charge in [-0.15, -0.1) is 0 Å². The molecule has 118 valence electrons. The Morgan fingerprint density at radius 1 is 0.917 bits per heavy atom. The predicted octanol–water partition coefficient (Wildman–Crippen LogP) is 2.81. The number of rotatable bonds is 3. The summed E-state index contributed by atoms with van der Waals surface area (Å²) in [6.45, 7) is 0. The smallest absolute Gasteiger partial charge is 0.281 e. The molecular formula is C18H11NO4S. The summed E-state index contributed by atoms with van der Waals surface area (Å²) in [4.78, 5) is 47.1. The maximum Gasteiger partial charge on any atom is 0.281 e. The Bertz CT molecular complexity index is 930. The molecule has 0 fully saturated rings. The highest BCUT2D eigenvalue weighted by Crippen LogP contribution is 2.28. The molecule has 2 N–H and O–H groups in total. The van der Waals surface area contributed by atoms with Crippen LogP contribution < -0.4 is 5.73 Å². The molecule has 0 saturated carbocycles. The van der Waals surface area contributed by atoms with Gasteiger partial charge in [0.1, 0.15) is 0 Å². The van der Waals surface area contributed by atoms with Gasteiger partial charge in [0.15, 0.2) is 17.9 Å². The van der Waals surface area contributed by atoms with Crippen LogP contribution in [0.4, 0.5) is 4.79 Å². The van der Waals surface area contributed by atoms with Crippen LogP contribution in [0, 0.1) is 0 Å². The molecule has 6 heteroatoms. The fraction of sp³-hybridized carbons (Fsp3) is 0. The molecule has 1 amide bonds. The molecule has 0 aromatic heterocycles. The lowest BCUT2D eigenvalue weighted by Gasteiger charge is -2.17. The number of hydrogen-bond acceptors (Lipinski definition) is 5. The monoisotopic (exact) mass is 337 g/mol. The van der Waals surface area contributed by atoms with Gasteiger partial charge in [0.05, 0.1) is 4.91 Å². The van der Waals surface area contributed by atoms with Crippen LogP contribution in [0.25, 0.3) is 6.08 Å². The summed E-state index contributed by atoms with van der Waals surface area (Å²) in [7, 11) is 0. The molecule has 2 aromatic carbocycles. The van der Waals surface area contributed by atoms with Gasteiger partial charge in [-0.25, -0.2) is 0 Å². The average molecular weight is 337 g/mol. The third-order valence-corrected chi connectivity index (χ3v) is 4.24. The van der Waals surface area contributed by atoms with E-state index in [4.69, 9.17) is 5.73 Å². The highest BCUT2D eigenvalue weighted by atomic mass is 32.2. The lowest BCUT2D eigenvalue weighted by Crippen LogP contribution is -2.20. The fourth-order valence-electron chi connectivity index (χ4n) is 2.57. The molecule has 0 saturated heterocycles. The van der Waals surface area contributed by atoms with E-state index in [1.165, 1.54) is 12.1 Å². The first-order valence-corrected chi connectivity index (χ1v) is 7.79. The summed E-state index contributed by atoms with van der Waals surface area (Å²) < 4.78 is 0. The Labute approximate surface area is 141 Å². The molecule has 0 spiro atoms. The van der Waals surface area contributed by atoms with Crippen molar-refractivity contribution in [3.05, 3.63) is 75.2 Å². The maximum atomic E-state index is 12.6. The Balaban J connectivity index is 2.07. The van der Waals surface area contributed by atoms with Gasteiger partial charge >= 0.3 is 0 Å². The van der Waals surface area contributed by atoms with E-state index in [2.05, 4.69) is 0 Å². The summed E-state index contributed by atoms with van der Waals surface area (Å²) in [6.07, 6.45) is 1.96. The molecule has 24 heavy (non-hydrogen) atoms. The number of amides is 1. The van der Waals surface area contributed by atoms with Gasteiger partial charge < -0.3 is 5.73 Å². The Morgan fingerprint density at radius 2 is 1.50 bits per heavy atom. The van der Waals surface area contributed by atoms with Gasteiger partial charge in [-0.3, -0.25) is 19.2 Å². The second-order valence-electron chi connectivity index (χ2n) is 5.09. The van der Waals surface area contributed by atoms with Crippen LogP contribution in [0.15, 0.2) is 47.4 Å². The summed E-state index contributed by atoms with van der Waals surface area (Å²) >= 11 is 0.602. The number of benzene rings is 2. The molecule has 5 nitrogen and oxygen atoms in total. The average Bonchev–Trinajstić information content (AvgIpc) is 2.58. The number of ketones is 2. The number of fused-ring (bicyclic) bond motifs is 2. The van der Waals surface area contributed by atoms with Gasteiger partial charge in [-0.05, 0) is 35.5 Å². The third kappa shape index (κ3) is 2.79. The van der Waals surface area contributed by atoms with Crippen LogP contribution in [0.2, 0.25) is 0 Å². The van der Waals surface area contributed by atoms with Crippen LogP contribution in [0.3, 0.4) is 0 Å². The summed E-state index contributed by atoms with van der Waals surface area (Å²) in [5.41, 5.74) is 6.93. The second-order valence-corrected chi connectivity index (χ2v) is 6.17. The van der Waals surface area contributed by atoms with E-state index in [9.17, 15) is 19.2 Å². The van der Waals surface area contributed by atoms with Gasteiger partial charge in [0, 0.05) is 22.3 Å². The molecule has 0 atom stereocenters. The highest BCUT2D eigenvalue weighted by molar-refractivity contribution is 8.17. The number of aldehydes is 1. The normalized spacial score (nSPS) is 13.2. The zero-order valence-electron chi connectivity index (χ0n) is 12.3. The molecule has 0 radical (unpaired) electrons. The second kappa shape index (κ2) is 6.25. The van der Waals surface area contributed by atoms with Crippen molar-refractivity contribution in [1.29, 1.82) is 0 Å². The number of allylic oxidation sites excluding steroid dienone is 1. The van der Waals surface area contributed by atoms with Crippen molar-refractivity contribution in [3.63, 3.8) is 0 Å². The molecule has 1 aliphatic carbocycles.